The van der Waals surface area contributed by atoms with Gasteiger partial charge in [0.25, 0.3) is 0 Å². The molecule has 0 fully saturated rings. The van der Waals surface area contributed by atoms with Gasteiger partial charge in [0.2, 0.25) is 0 Å². The van der Waals surface area contributed by atoms with Gasteiger partial charge in [-0.3, -0.25) is 4.79 Å². The molecule has 0 saturated heterocycles. The highest BCUT2D eigenvalue weighted by Crippen LogP contribution is 2.17. The van der Waals surface area contributed by atoms with E-state index in [-0.39, 0.29) is 12.2 Å². The van der Waals surface area contributed by atoms with E-state index in [0.717, 1.165) is 11.1 Å². The maximum absolute atomic E-state index is 12.1. The van der Waals surface area contributed by atoms with Crippen LogP contribution in [0.3, 0.4) is 0 Å². The van der Waals surface area contributed by atoms with Crippen molar-refractivity contribution in [2.75, 3.05) is 0 Å². The molecule has 0 aliphatic rings. The van der Waals surface area contributed by atoms with Gasteiger partial charge in [0, 0.05) is 11.4 Å². The van der Waals surface area contributed by atoms with E-state index in [1.807, 2.05) is 19.1 Å². The molecule has 4 nitrogen and oxygen atoms in total. The molecule has 0 aliphatic heterocycles. The molecule has 0 bridgehead atoms. The predicted octanol–water partition coefficient (Wildman–Crippen LogP) is 3.67. The van der Waals surface area contributed by atoms with E-state index < -0.39 is 17.7 Å². The minimum Gasteiger partial charge on any atom is -0.444 e. The Labute approximate surface area is 130 Å². The number of hydrogen-bond acceptors (Lipinski definition) is 3. The van der Waals surface area contributed by atoms with Crippen LogP contribution in [0.2, 0.25) is 5.02 Å². The summed E-state index contributed by atoms with van der Waals surface area (Å²) in [7, 11) is 0. The highest BCUT2D eigenvalue weighted by Gasteiger charge is 2.21. The summed E-state index contributed by atoms with van der Waals surface area (Å²) < 4.78 is 5.12. The quantitative estimate of drug-likeness (QED) is 0.923. The molecule has 1 N–H and O–H groups in total. The first-order valence-corrected chi connectivity index (χ1v) is 7.23. The maximum Gasteiger partial charge on any atom is 0.408 e. The van der Waals surface area contributed by atoms with Crippen LogP contribution >= 0.6 is 11.6 Å². The number of rotatable bonds is 4. The first kappa shape index (κ1) is 17.5. The summed E-state index contributed by atoms with van der Waals surface area (Å²) in [5.41, 5.74) is 1.22. The molecule has 1 rings (SSSR count). The van der Waals surface area contributed by atoms with Gasteiger partial charge in [0.05, 0.1) is 6.04 Å². The zero-order valence-electron chi connectivity index (χ0n) is 13.1. The number of carbonyl (C=O) groups is 2. The second-order valence-electron chi connectivity index (χ2n) is 6.09. The number of ether oxygens (including phenoxy) is 1. The number of ketones is 1. The van der Waals surface area contributed by atoms with Gasteiger partial charge < -0.3 is 10.1 Å². The molecule has 0 radical (unpaired) electrons. The van der Waals surface area contributed by atoms with Crippen LogP contribution in [0.15, 0.2) is 18.2 Å². The van der Waals surface area contributed by atoms with Gasteiger partial charge in [0.1, 0.15) is 5.60 Å². The van der Waals surface area contributed by atoms with E-state index in [9.17, 15) is 9.59 Å². The third-order valence-electron chi connectivity index (χ3n) is 2.82. The van der Waals surface area contributed by atoms with E-state index in [1.165, 1.54) is 0 Å². The smallest absolute Gasteiger partial charge is 0.408 e. The Morgan fingerprint density at radius 3 is 2.48 bits per heavy atom. The number of Topliss-reactive ketones (excluding diaryl/α,β-unsaturated/α-hetero) is 1. The fourth-order valence-corrected chi connectivity index (χ4v) is 1.85. The molecule has 21 heavy (non-hydrogen) atoms. The van der Waals surface area contributed by atoms with Crippen LogP contribution in [0.5, 0.6) is 0 Å². The normalized spacial score (nSPS) is 12.7. The number of alkyl carbamates (subject to hydrolysis) is 1. The highest BCUT2D eigenvalue weighted by molar-refractivity contribution is 6.31. The van der Waals surface area contributed by atoms with Crippen LogP contribution in [-0.2, 0) is 16.0 Å². The van der Waals surface area contributed by atoms with Gasteiger partial charge in [0.15, 0.2) is 5.78 Å². The average Bonchev–Trinajstić information content (AvgIpc) is 2.31. The molecule has 1 amide bonds. The molecule has 0 aliphatic carbocycles. The monoisotopic (exact) mass is 311 g/mol. The number of halogens is 1. The summed E-state index contributed by atoms with van der Waals surface area (Å²) in [6.07, 6.45) is -0.342. The molecule has 1 aromatic rings. The molecular weight excluding hydrogens is 290 g/mol. The SMILES string of the molecule is Cc1cc(CC(=O)[C@@H](C)NC(=O)OC(C)(C)C)ccc1Cl. The largest absolute Gasteiger partial charge is 0.444 e. The molecule has 1 aromatic carbocycles. The van der Waals surface area contributed by atoms with Crippen molar-refractivity contribution in [2.24, 2.45) is 0 Å². The molecule has 0 saturated carbocycles. The Kier molecular flexibility index (Phi) is 5.78. The minimum atomic E-state index is -0.601. The van der Waals surface area contributed by atoms with Crippen molar-refractivity contribution in [1.29, 1.82) is 0 Å². The van der Waals surface area contributed by atoms with E-state index in [0.29, 0.717) is 5.02 Å². The predicted molar refractivity (Wildman–Crippen MR) is 83.7 cm³/mol. The van der Waals surface area contributed by atoms with Crippen molar-refractivity contribution in [2.45, 2.75) is 52.7 Å². The molecular formula is C16H22ClNO3. The van der Waals surface area contributed by atoms with Crippen molar-refractivity contribution >= 4 is 23.5 Å². The van der Waals surface area contributed by atoms with E-state index in [4.69, 9.17) is 16.3 Å². The minimum absolute atomic E-state index is 0.0809. The van der Waals surface area contributed by atoms with E-state index in [1.54, 1.807) is 33.8 Å². The Morgan fingerprint density at radius 1 is 1.33 bits per heavy atom. The molecule has 0 unspecified atom stereocenters. The third-order valence-corrected chi connectivity index (χ3v) is 3.24. The van der Waals surface area contributed by atoms with Crippen LogP contribution in [-0.4, -0.2) is 23.5 Å². The average molecular weight is 312 g/mol. The van der Waals surface area contributed by atoms with Crippen LogP contribution in [0.4, 0.5) is 4.79 Å². The summed E-state index contributed by atoms with van der Waals surface area (Å²) in [4.78, 5) is 23.7. The fourth-order valence-electron chi connectivity index (χ4n) is 1.74. The fraction of sp³-hybridized carbons (Fsp3) is 0.500. The summed E-state index contributed by atoms with van der Waals surface area (Å²) >= 11 is 5.95. The number of amides is 1. The number of nitrogens with one attached hydrogen (secondary N) is 1. The first-order chi connectivity index (χ1) is 9.58. The van der Waals surface area contributed by atoms with Crippen molar-refractivity contribution < 1.29 is 14.3 Å². The topological polar surface area (TPSA) is 55.4 Å². The second-order valence-corrected chi connectivity index (χ2v) is 6.50. The highest BCUT2D eigenvalue weighted by atomic mass is 35.5. The van der Waals surface area contributed by atoms with Crippen LogP contribution in [0, 0.1) is 6.92 Å². The lowest BCUT2D eigenvalue weighted by Crippen LogP contribution is -2.42. The number of hydrogen-bond donors (Lipinski definition) is 1. The first-order valence-electron chi connectivity index (χ1n) is 6.86. The van der Waals surface area contributed by atoms with Crippen molar-refractivity contribution in [3.8, 4) is 0 Å². The van der Waals surface area contributed by atoms with Gasteiger partial charge in [-0.1, -0.05) is 23.7 Å². The summed E-state index contributed by atoms with van der Waals surface area (Å²) in [6, 6.07) is 4.86. The van der Waals surface area contributed by atoms with Gasteiger partial charge in [-0.2, -0.15) is 0 Å². The van der Waals surface area contributed by atoms with Gasteiger partial charge in [-0.25, -0.2) is 4.79 Å². The van der Waals surface area contributed by atoms with E-state index in [2.05, 4.69) is 5.32 Å². The van der Waals surface area contributed by atoms with Gasteiger partial charge in [-0.15, -0.1) is 0 Å². The molecule has 0 heterocycles. The Hall–Kier alpha value is -1.55. The van der Waals surface area contributed by atoms with Crippen molar-refractivity contribution in [3.05, 3.63) is 34.3 Å². The van der Waals surface area contributed by atoms with Crippen LogP contribution < -0.4 is 5.32 Å². The lowest BCUT2D eigenvalue weighted by Gasteiger charge is -2.21. The maximum atomic E-state index is 12.1. The lowest BCUT2D eigenvalue weighted by atomic mass is 10.0. The standard InChI is InChI=1S/C16H22ClNO3/c1-10-8-12(6-7-13(10)17)9-14(19)11(2)18-15(20)21-16(3,4)5/h6-8,11H,9H2,1-5H3,(H,18,20)/t11-/m1/s1. The molecule has 116 valence electrons. The molecule has 1 atom stereocenters. The summed E-state index contributed by atoms with van der Waals surface area (Å²) in [6.45, 7) is 8.86. The lowest BCUT2D eigenvalue weighted by molar-refractivity contribution is -0.120. The Morgan fingerprint density at radius 2 is 1.95 bits per heavy atom. The zero-order valence-corrected chi connectivity index (χ0v) is 13.9. The van der Waals surface area contributed by atoms with Gasteiger partial charge >= 0.3 is 6.09 Å². The van der Waals surface area contributed by atoms with Crippen LogP contribution in [0.25, 0.3) is 0 Å². The summed E-state index contributed by atoms with van der Waals surface area (Å²) in [5, 5.41) is 3.22. The Bertz CT molecular complexity index is 535. The van der Waals surface area contributed by atoms with Crippen LogP contribution in [0.1, 0.15) is 38.8 Å². The third kappa shape index (κ3) is 6.17. The number of carbonyl (C=O) groups excluding carboxylic acids is 2. The number of aryl methyl sites for hydroxylation is 1. The van der Waals surface area contributed by atoms with E-state index >= 15 is 0 Å². The Balaban J connectivity index is 2.58. The second kappa shape index (κ2) is 6.94. The van der Waals surface area contributed by atoms with Crippen molar-refractivity contribution in [3.63, 3.8) is 0 Å². The zero-order chi connectivity index (χ0) is 16.2. The summed E-state index contributed by atoms with van der Waals surface area (Å²) in [5.74, 6) is -0.0809. The van der Waals surface area contributed by atoms with Crippen molar-refractivity contribution in [1.82, 2.24) is 5.32 Å². The van der Waals surface area contributed by atoms with Gasteiger partial charge in [-0.05, 0) is 51.8 Å². The molecule has 0 spiro atoms. The molecule has 5 heteroatoms. The number of benzene rings is 1. The molecule has 0 aromatic heterocycles.